The monoisotopic (exact) mass is 204 g/mol. The molecule has 0 radical (unpaired) electrons. The van der Waals surface area contributed by atoms with Gasteiger partial charge in [0.2, 0.25) is 5.91 Å². The first-order valence-corrected chi connectivity index (χ1v) is 5.29. The average molecular weight is 204 g/mol. The summed E-state index contributed by atoms with van der Waals surface area (Å²) < 4.78 is 0. The first-order chi connectivity index (χ1) is 7.15. The van der Waals surface area contributed by atoms with Gasteiger partial charge < -0.3 is 10.6 Å². The van der Waals surface area contributed by atoms with Gasteiger partial charge in [0.1, 0.15) is 0 Å². The SMILES string of the molecule is CCc1cccc2c1N(C)C(=O)CC2N. The van der Waals surface area contributed by atoms with E-state index in [4.69, 9.17) is 5.73 Å². The lowest BCUT2D eigenvalue weighted by Gasteiger charge is -2.31. The lowest BCUT2D eigenvalue weighted by Crippen LogP contribution is -2.36. The van der Waals surface area contributed by atoms with Crippen molar-refractivity contribution in [2.75, 3.05) is 11.9 Å². The van der Waals surface area contributed by atoms with Crippen molar-refractivity contribution in [2.45, 2.75) is 25.8 Å². The molecule has 1 atom stereocenters. The Bertz CT molecular complexity index is 401. The summed E-state index contributed by atoms with van der Waals surface area (Å²) in [6.45, 7) is 2.09. The number of aryl methyl sites for hydroxylation is 1. The molecule has 0 aromatic heterocycles. The normalized spacial score (nSPS) is 20.3. The molecule has 1 aromatic rings. The van der Waals surface area contributed by atoms with Crippen molar-refractivity contribution in [3.8, 4) is 0 Å². The molecule has 1 heterocycles. The van der Waals surface area contributed by atoms with Crippen LogP contribution in [0.15, 0.2) is 18.2 Å². The van der Waals surface area contributed by atoms with Crippen LogP contribution < -0.4 is 10.6 Å². The van der Waals surface area contributed by atoms with Crippen LogP contribution in [0, 0.1) is 0 Å². The molecule has 2 N–H and O–H groups in total. The summed E-state index contributed by atoms with van der Waals surface area (Å²) in [7, 11) is 1.83. The second-order valence-electron chi connectivity index (χ2n) is 3.97. The maximum absolute atomic E-state index is 11.7. The second kappa shape index (κ2) is 3.66. The Kier molecular flexibility index (Phi) is 2.49. The molecule has 0 aliphatic carbocycles. The molecule has 0 spiro atoms. The van der Waals surface area contributed by atoms with E-state index in [1.165, 1.54) is 5.56 Å². The molecule has 1 amide bonds. The van der Waals surface area contributed by atoms with E-state index in [9.17, 15) is 4.79 Å². The predicted molar refractivity (Wildman–Crippen MR) is 60.8 cm³/mol. The average Bonchev–Trinajstić information content (AvgIpc) is 2.25. The molecule has 0 saturated heterocycles. The number of hydrogen-bond donors (Lipinski definition) is 1. The van der Waals surface area contributed by atoms with Crippen molar-refractivity contribution in [3.63, 3.8) is 0 Å². The van der Waals surface area contributed by atoms with Crippen molar-refractivity contribution >= 4 is 11.6 Å². The molecular formula is C12H16N2O. The number of amides is 1. The minimum absolute atomic E-state index is 0.107. The highest BCUT2D eigenvalue weighted by Gasteiger charge is 2.27. The Morgan fingerprint density at radius 2 is 2.27 bits per heavy atom. The van der Waals surface area contributed by atoms with Crippen molar-refractivity contribution in [1.82, 2.24) is 0 Å². The van der Waals surface area contributed by atoms with Crippen molar-refractivity contribution in [3.05, 3.63) is 29.3 Å². The third kappa shape index (κ3) is 1.53. The fraction of sp³-hybridized carbons (Fsp3) is 0.417. The predicted octanol–water partition coefficient (Wildman–Crippen LogP) is 1.62. The molecule has 1 aromatic carbocycles. The van der Waals surface area contributed by atoms with Crippen LogP contribution in [0.3, 0.4) is 0 Å². The van der Waals surface area contributed by atoms with Gasteiger partial charge in [-0.3, -0.25) is 4.79 Å². The number of anilines is 1. The standard InChI is InChI=1S/C12H16N2O/c1-3-8-5-4-6-9-10(13)7-11(15)14(2)12(8)9/h4-6,10H,3,7,13H2,1-2H3. The minimum atomic E-state index is -0.143. The molecule has 0 bridgehead atoms. The molecule has 1 unspecified atom stereocenters. The van der Waals surface area contributed by atoms with Crippen LogP contribution in [-0.4, -0.2) is 13.0 Å². The minimum Gasteiger partial charge on any atom is -0.323 e. The van der Waals surface area contributed by atoms with Gasteiger partial charge >= 0.3 is 0 Å². The fourth-order valence-corrected chi connectivity index (χ4v) is 2.16. The highest BCUT2D eigenvalue weighted by atomic mass is 16.2. The summed E-state index contributed by atoms with van der Waals surface area (Å²) in [6.07, 6.45) is 1.34. The zero-order valence-electron chi connectivity index (χ0n) is 9.16. The van der Waals surface area contributed by atoms with Gasteiger partial charge in [0.15, 0.2) is 0 Å². The zero-order chi connectivity index (χ0) is 11.0. The van der Waals surface area contributed by atoms with Crippen molar-refractivity contribution < 1.29 is 4.79 Å². The number of fused-ring (bicyclic) bond motifs is 1. The van der Waals surface area contributed by atoms with Crippen LogP contribution >= 0.6 is 0 Å². The highest BCUT2D eigenvalue weighted by molar-refractivity contribution is 5.97. The van der Waals surface area contributed by atoms with Gasteiger partial charge in [0, 0.05) is 19.5 Å². The molecule has 2 rings (SSSR count). The molecular weight excluding hydrogens is 188 g/mol. The van der Waals surface area contributed by atoms with Crippen molar-refractivity contribution in [1.29, 1.82) is 0 Å². The molecule has 1 aliphatic heterocycles. The van der Waals surface area contributed by atoms with Crippen LogP contribution in [0.1, 0.15) is 30.5 Å². The van der Waals surface area contributed by atoms with Crippen LogP contribution in [0.25, 0.3) is 0 Å². The van der Waals surface area contributed by atoms with Crippen LogP contribution in [0.4, 0.5) is 5.69 Å². The quantitative estimate of drug-likeness (QED) is 0.755. The van der Waals surface area contributed by atoms with Gasteiger partial charge in [-0.25, -0.2) is 0 Å². The summed E-state index contributed by atoms with van der Waals surface area (Å²) in [4.78, 5) is 13.4. The summed E-state index contributed by atoms with van der Waals surface area (Å²) >= 11 is 0. The van der Waals surface area contributed by atoms with Crippen LogP contribution in [0.2, 0.25) is 0 Å². The van der Waals surface area contributed by atoms with Gasteiger partial charge in [0.05, 0.1) is 5.69 Å². The third-order valence-corrected chi connectivity index (χ3v) is 3.04. The van der Waals surface area contributed by atoms with Gasteiger partial charge in [0.25, 0.3) is 0 Å². The largest absolute Gasteiger partial charge is 0.323 e. The zero-order valence-corrected chi connectivity index (χ0v) is 9.16. The highest BCUT2D eigenvalue weighted by Crippen LogP contribution is 2.35. The summed E-state index contributed by atoms with van der Waals surface area (Å²) in [5, 5.41) is 0. The van der Waals surface area contributed by atoms with E-state index >= 15 is 0 Å². The van der Waals surface area contributed by atoms with E-state index in [0.717, 1.165) is 17.7 Å². The maximum Gasteiger partial charge on any atom is 0.228 e. The summed E-state index contributed by atoms with van der Waals surface area (Å²) in [6, 6.07) is 5.94. The lowest BCUT2D eigenvalue weighted by molar-refractivity contribution is -0.119. The Morgan fingerprint density at radius 3 is 2.93 bits per heavy atom. The van der Waals surface area contributed by atoms with Gasteiger partial charge in [-0.15, -0.1) is 0 Å². The van der Waals surface area contributed by atoms with Gasteiger partial charge in [-0.05, 0) is 17.5 Å². The fourth-order valence-electron chi connectivity index (χ4n) is 2.16. The van der Waals surface area contributed by atoms with Gasteiger partial charge in [-0.1, -0.05) is 25.1 Å². The number of benzene rings is 1. The Morgan fingerprint density at radius 1 is 1.53 bits per heavy atom. The van der Waals surface area contributed by atoms with Crippen molar-refractivity contribution in [2.24, 2.45) is 5.73 Å². The first kappa shape index (κ1) is 10.2. The summed E-state index contributed by atoms with van der Waals surface area (Å²) in [5.74, 6) is 0.107. The number of carbonyl (C=O) groups excluding carboxylic acids is 1. The van der Waals surface area contributed by atoms with Gasteiger partial charge in [-0.2, -0.15) is 0 Å². The molecule has 3 heteroatoms. The Balaban J connectivity index is 2.60. The van der Waals surface area contributed by atoms with E-state index in [0.29, 0.717) is 6.42 Å². The number of carbonyl (C=O) groups is 1. The van der Waals surface area contributed by atoms with E-state index in [1.807, 2.05) is 19.2 Å². The molecule has 15 heavy (non-hydrogen) atoms. The molecule has 80 valence electrons. The van der Waals surface area contributed by atoms with E-state index in [-0.39, 0.29) is 11.9 Å². The third-order valence-electron chi connectivity index (χ3n) is 3.04. The molecule has 3 nitrogen and oxygen atoms in total. The first-order valence-electron chi connectivity index (χ1n) is 5.29. The van der Waals surface area contributed by atoms with E-state index in [2.05, 4.69) is 13.0 Å². The Labute approximate surface area is 89.9 Å². The number of para-hydroxylation sites is 1. The molecule has 1 aliphatic rings. The Hall–Kier alpha value is -1.35. The second-order valence-corrected chi connectivity index (χ2v) is 3.97. The lowest BCUT2D eigenvalue weighted by atomic mass is 9.93. The van der Waals surface area contributed by atoms with E-state index < -0.39 is 0 Å². The maximum atomic E-state index is 11.7. The van der Waals surface area contributed by atoms with Crippen LogP contribution in [-0.2, 0) is 11.2 Å². The smallest absolute Gasteiger partial charge is 0.228 e. The van der Waals surface area contributed by atoms with Crippen LogP contribution in [0.5, 0.6) is 0 Å². The number of hydrogen-bond acceptors (Lipinski definition) is 2. The topological polar surface area (TPSA) is 46.3 Å². The summed E-state index contributed by atoms with van der Waals surface area (Å²) in [5.41, 5.74) is 9.28. The van der Waals surface area contributed by atoms with E-state index in [1.54, 1.807) is 4.90 Å². The molecule has 0 fully saturated rings. The molecule has 0 saturated carbocycles. The number of nitrogens with two attached hydrogens (primary N) is 1. The number of rotatable bonds is 1. The number of nitrogens with zero attached hydrogens (tertiary/aromatic N) is 1.